The molecule has 1 atom stereocenters. The molecule has 1 unspecified atom stereocenters. The van der Waals surface area contributed by atoms with Crippen LogP contribution in [0.4, 0.5) is 0 Å². The molecule has 1 nitrogen and oxygen atoms in total. The van der Waals surface area contributed by atoms with Gasteiger partial charge >= 0.3 is 0 Å². The summed E-state index contributed by atoms with van der Waals surface area (Å²) in [5, 5.41) is 0. The van der Waals surface area contributed by atoms with Crippen LogP contribution in [0.2, 0.25) is 0 Å². The minimum atomic E-state index is 0.807. The molecular formula is C11H25N. The first-order valence-electron chi connectivity index (χ1n) is 5.38. The summed E-state index contributed by atoms with van der Waals surface area (Å²) >= 11 is 0. The third-order valence-electron chi connectivity index (χ3n) is 2.59. The molecule has 0 radical (unpaired) electrons. The van der Waals surface area contributed by atoms with Gasteiger partial charge in [-0.3, -0.25) is 0 Å². The van der Waals surface area contributed by atoms with Crippen LogP contribution in [0.3, 0.4) is 0 Å². The molecule has 0 aromatic carbocycles. The third-order valence-corrected chi connectivity index (χ3v) is 2.59. The lowest BCUT2D eigenvalue weighted by molar-refractivity contribution is 0.265. The highest BCUT2D eigenvalue weighted by Crippen LogP contribution is 2.10. The molecule has 0 saturated heterocycles. The summed E-state index contributed by atoms with van der Waals surface area (Å²) in [7, 11) is 4.38. The maximum atomic E-state index is 2.35. The zero-order chi connectivity index (χ0) is 9.40. The predicted octanol–water partition coefficient (Wildman–Crippen LogP) is 3.30. The average molecular weight is 171 g/mol. The van der Waals surface area contributed by atoms with Crippen LogP contribution < -0.4 is 0 Å². The molecular weight excluding hydrogens is 146 g/mol. The van der Waals surface area contributed by atoms with Gasteiger partial charge in [0.05, 0.1) is 0 Å². The third kappa shape index (κ3) is 5.59. The molecule has 0 heterocycles. The second-order valence-corrected chi connectivity index (χ2v) is 3.88. The van der Waals surface area contributed by atoms with E-state index in [0.717, 1.165) is 6.04 Å². The highest BCUT2D eigenvalue weighted by atomic mass is 15.1. The van der Waals surface area contributed by atoms with Crippen LogP contribution in [0.1, 0.15) is 52.4 Å². The highest BCUT2D eigenvalue weighted by Gasteiger charge is 2.06. The van der Waals surface area contributed by atoms with E-state index in [1.54, 1.807) is 0 Å². The first kappa shape index (κ1) is 12.0. The zero-order valence-corrected chi connectivity index (χ0v) is 9.27. The van der Waals surface area contributed by atoms with Crippen molar-refractivity contribution in [2.24, 2.45) is 0 Å². The van der Waals surface area contributed by atoms with Crippen molar-refractivity contribution >= 4 is 0 Å². The fourth-order valence-corrected chi connectivity index (χ4v) is 1.63. The molecule has 74 valence electrons. The Bertz CT molecular complexity index is 89.0. The molecule has 0 amide bonds. The van der Waals surface area contributed by atoms with Crippen molar-refractivity contribution in [2.75, 3.05) is 14.1 Å². The van der Waals surface area contributed by atoms with Gasteiger partial charge in [0.15, 0.2) is 0 Å². The van der Waals surface area contributed by atoms with Gasteiger partial charge in [0, 0.05) is 6.04 Å². The molecule has 0 aromatic heterocycles. The Hall–Kier alpha value is -0.0400. The van der Waals surface area contributed by atoms with Gasteiger partial charge in [-0.15, -0.1) is 0 Å². The van der Waals surface area contributed by atoms with Gasteiger partial charge in [0.2, 0.25) is 0 Å². The summed E-state index contributed by atoms with van der Waals surface area (Å²) in [5.41, 5.74) is 0. The lowest BCUT2D eigenvalue weighted by Gasteiger charge is -2.22. The van der Waals surface area contributed by atoms with Crippen molar-refractivity contribution in [3.05, 3.63) is 0 Å². The summed E-state index contributed by atoms with van der Waals surface area (Å²) in [5.74, 6) is 0. The topological polar surface area (TPSA) is 3.24 Å². The van der Waals surface area contributed by atoms with Crippen molar-refractivity contribution in [1.29, 1.82) is 0 Å². The van der Waals surface area contributed by atoms with Crippen LogP contribution in [0.25, 0.3) is 0 Å². The largest absolute Gasteiger partial charge is 0.306 e. The van der Waals surface area contributed by atoms with Crippen LogP contribution in [-0.2, 0) is 0 Å². The van der Waals surface area contributed by atoms with Gasteiger partial charge in [0.1, 0.15) is 0 Å². The normalized spacial score (nSPS) is 13.8. The van der Waals surface area contributed by atoms with E-state index in [2.05, 4.69) is 32.8 Å². The van der Waals surface area contributed by atoms with E-state index in [-0.39, 0.29) is 0 Å². The van der Waals surface area contributed by atoms with Crippen molar-refractivity contribution < 1.29 is 0 Å². The Balaban J connectivity index is 3.32. The van der Waals surface area contributed by atoms with E-state index in [1.165, 1.54) is 38.5 Å². The zero-order valence-electron chi connectivity index (χ0n) is 9.27. The lowest BCUT2D eigenvalue weighted by atomic mass is 10.0. The molecule has 0 aliphatic carbocycles. The molecule has 0 bridgehead atoms. The van der Waals surface area contributed by atoms with Gasteiger partial charge < -0.3 is 4.90 Å². The van der Waals surface area contributed by atoms with E-state index in [1.807, 2.05) is 0 Å². The van der Waals surface area contributed by atoms with Crippen molar-refractivity contribution in [2.45, 2.75) is 58.4 Å². The van der Waals surface area contributed by atoms with Crippen molar-refractivity contribution in [3.8, 4) is 0 Å². The maximum absolute atomic E-state index is 2.35. The van der Waals surface area contributed by atoms with Crippen molar-refractivity contribution in [3.63, 3.8) is 0 Å². The smallest absolute Gasteiger partial charge is 0.00865 e. The summed E-state index contributed by atoms with van der Waals surface area (Å²) in [4.78, 5) is 2.35. The number of hydrogen-bond donors (Lipinski definition) is 0. The SMILES string of the molecule is CCCCCCC(CC)N(C)C. The summed E-state index contributed by atoms with van der Waals surface area (Å²) in [6, 6.07) is 0.807. The minimum Gasteiger partial charge on any atom is -0.306 e. The molecule has 0 saturated carbocycles. The Labute approximate surface area is 78.1 Å². The second-order valence-electron chi connectivity index (χ2n) is 3.88. The average Bonchev–Trinajstić information content (AvgIpc) is 2.04. The number of hydrogen-bond acceptors (Lipinski definition) is 1. The molecule has 0 N–H and O–H groups in total. The summed E-state index contributed by atoms with van der Waals surface area (Å²) < 4.78 is 0. The summed E-state index contributed by atoms with van der Waals surface area (Å²) in [6.07, 6.45) is 8.25. The molecule has 0 aliphatic heterocycles. The Morgan fingerprint density at radius 2 is 1.67 bits per heavy atom. The van der Waals surface area contributed by atoms with Crippen LogP contribution in [0, 0.1) is 0 Å². The first-order chi connectivity index (χ1) is 5.72. The fourth-order valence-electron chi connectivity index (χ4n) is 1.63. The number of rotatable bonds is 7. The Morgan fingerprint density at radius 3 is 2.08 bits per heavy atom. The standard InChI is InChI=1S/C11H25N/c1-5-7-8-9-10-11(6-2)12(3)4/h11H,5-10H2,1-4H3. The monoisotopic (exact) mass is 171 g/mol. The van der Waals surface area contributed by atoms with Gasteiger partial charge in [-0.1, -0.05) is 39.5 Å². The molecule has 1 heteroatoms. The molecule has 0 rings (SSSR count). The van der Waals surface area contributed by atoms with Crippen LogP contribution >= 0.6 is 0 Å². The fraction of sp³-hybridized carbons (Fsp3) is 1.00. The highest BCUT2D eigenvalue weighted by molar-refractivity contribution is 4.63. The van der Waals surface area contributed by atoms with E-state index < -0.39 is 0 Å². The lowest BCUT2D eigenvalue weighted by Crippen LogP contribution is -2.26. The molecule has 0 fully saturated rings. The van der Waals surface area contributed by atoms with E-state index in [4.69, 9.17) is 0 Å². The quantitative estimate of drug-likeness (QED) is 0.531. The van der Waals surface area contributed by atoms with Crippen LogP contribution in [0.5, 0.6) is 0 Å². The van der Waals surface area contributed by atoms with Gasteiger partial charge in [-0.25, -0.2) is 0 Å². The van der Waals surface area contributed by atoms with Crippen molar-refractivity contribution in [1.82, 2.24) is 4.90 Å². The Kier molecular flexibility index (Phi) is 7.58. The van der Waals surface area contributed by atoms with E-state index in [0.29, 0.717) is 0 Å². The molecule has 0 aromatic rings. The minimum absolute atomic E-state index is 0.807. The molecule has 0 aliphatic rings. The molecule has 12 heavy (non-hydrogen) atoms. The van der Waals surface area contributed by atoms with E-state index in [9.17, 15) is 0 Å². The van der Waals surface area contributed by atoms with Crippen LogP contribution in [0.15, 0.2) is 0 Å². The second kappa shape index (κ2) is 7.60. The number of unbranched alkanes of at least 4 members (excludes halogenated alkanes) is 3. The van der Waals surface area contributed by atoms with E-state index >= 15 is 0 Å². The Morgan fingerprint density at radius 1 is 1.00 bits per heavy atom. The molecule has 0 spiro atoms. The van der Waals surface area contributed by atoms with Gasteiger partial charge in [-0.2, -0.15) is 0 Å². The maximum Gasteiger partial charge on any atom is 0.00865 e. The van der Waals surface area contributed by atoms with Gasteiger partial charge in [-0.05, 0) is 26.9 Å². The predicted molar refractivity (Wildman–Crippen MR) is 56.5 cm³/mol. The summed E-state index contributed by atoms with van der Waals surface area (Å²) in [6.45, 7) is 4.55. The number of nitrogens with zero attached hydrogens (tertiary/aromatic N) is 1. The van der Waals surface area contributed by atoms with Crippen LogP contribution in [-0.4, -0.2) is 25.0 Å². The first-order valence-corrected chi connectivity index (χ1v) is 5.38. The van der Waals surface area contributed by atoms with Gasteiger partial charge in [0.25, 0.3) is 0 Å².